The number of hydrogen-bond donors (Lipinski definition) is 1. The Bertz CT molecular complexity index is 990. The predicted molar refractivity (Wildman–Crippen MR) is 130 cm³/mol. The lowest BCUT2D eigenvalue weighted by atomic mass is 9.80. The molecule has 1 aromatic heterocycles. The van der Waals surface area contributed by atoms with E-state index in [2.05, 4.69) is 35.1 Å². The Hall–Kier alpha value is -2.34. The molecule has 1 aliphatic heterocycles. The van der Waals surface area contributed by atoms with Crippen LogP contribution in [-0.2, 0) is 4.74 Å². The number of nitrogens with two attached hydrogens (primary N) is 1. The van der Waals surface area contributed by atoms with Gasteiger partial charge in [-0.05, 0) is 88.8 Å². The fourth-order valence-corrected chi connectivity index (χ4v) is 5.37. The van der Waals surface area contributed by atoms with E-state index in [0.717, 1.165) is 45.3 Å². The SMILES string of the molecule is CC(C)(C)OC(=O)N1CCC(c2ccccc2-c2cn([C@H]3C[C@H](CN)C3)nc2C2CC2)CC1. The van der Waals surface area contributed by atoms with E-state index in [4.69, 9.17) is 15.6 Å². The summed E-state index contributed by atoms with van der Waals surface area (Å²) in [6.07, 6.45) is 8.82. The minimum atomic E-state index is -0.454. The molecule has 0 bridgehead atoms. The van der Waals surface area contributed by atoms with E-state index >= 15 is 0 Å². The molecule has 0 radical (unpaired) electrons. The van der Waals surface area contributed by atoms with Gasteiger partial charge in [0.05, 0.1) is 11.7 Å². The van der Waals surface area contributed by atoms with Gasteiger partial charge in [-0.15, -0.1) is 0 Å². The van der Waals surface area contributed by atoms with E-state index in [1.807, 2.05) is 25.7 Å². The first-order valence-corrected chi connectivity index (χ1v) is 12.7. The van der Waals surface area contributed by atoms with Crippen LogP contribution in [0, 0.1) is 5.92 Å². The Labute approximate surface area is 197 Å². The van der Waals surface area contributed by atoms with Crippen LogP contribution >= 0.6 is 0 Å². The second kappa shape index (κ2) is 8.79. The lowest BCUT2D eigenvalue weighted by molar-refractivity contribution is 0.0205. The second-order valence-electron chi connectivity index (χ2n) is 11.2. The van der Waals surface area contributed by atoms with Gasteiger partial charge in [-0.25, -0.2) is 4.79 Å². The van der Waals surface area contributed by atoms with Crippen molar-refractivity contribution in [1.29, 1.82) is 0 Å². The molecule has 2 heterocycles. The van der Waals surface area contributed by atoms with Crippen molar-refractivity contribution in [1.82, 2.24) is 14.7 Å². The predicted octanol–water partition coefficient (Wildman–Crippen LogP) is 5.45. The normalized spacial score (nSPS) is 23.9. The van der Waals surface area contributed by atoms with Crippen LogP contribution in [0.1, 0.15) is 88.4 Å². The maximum Gasteiger partial charge on any atom is 0.410 e. The van der Waals surface area contributed by atoms with Gasteiger partial charge in [-0.3, -0.25) is 4.68 Å². The largest absolute Gasteiger partial charge is 0.444 e. The van der Waals surface area contributed by atoms with E-state index in [0.29, 0.717) is 23.8 Å². The zero-order valence-corrected chi connectivity index (χ0v) is 20.3. The molecule has 6 nitrogen and oxygen atoms in total. The topological polar surface area (TPSA) is 73.4 Å². The van der Waals surface area contributed by atoms with E-state index < -0.39 is 5.60 Å². The number of carbonyl (C=O) groups is 1. The van der Waals surface area contributed by atoms with Crippen LogP contribution in [0.5, 0.6) is 0 Å². The highest BCUT2D eigenvalue weighted by molar-refractivity contribution is 5.71. The highest BCUT2D eigenvalue weighted by atomic mass is 16.6. The molecular weight excluding hydrogens is 412 g/mol. The number of nitrogens with zero attached hydrogens (tertiary/aromatic N) is 3. The minimum Gasteiger partial charge on any atom is -0.444 e. The Balaban J connectivity index is 1.35. The molecule has 2 aromatic rings. The van der Waals surface area contributed by atoms with Crippen molar-refractivity contribution in [3.05, 3.63) is 41.7 Å². The van der Waals surface area contributed by atoms with E-state index in [1.165, 1.54) is 35.2 Å². The molecule has 3 aliphatic rings. The van der Waals surface area contributed by atoms with Crippen LogP contribution in [0.4, 0.5) is 4.79 Å². The van der Waals surface area contributed by atoms with Gasteiger partial charge < -0.3 is 15.4 Å². The summed E-state index contributed by atoms with van der Waals surface area (Å²) in [4.78, 5) is 14.4. The molecule has 0 spiro atoms. The van der Waals surface area contributed by atoms with Crippen LogP contribution in [-0.4, -0.2) is 46.0 Å². The molecule has 1 aromatic carbocycles. The number of ether oxygens (including phenoxy) is 1. The maximum atomic E-state index is 12.5. The standard InChI is InChI=1S/C27H38N4O2/c1-27(2,3)33-26(32)30-12-10-19(11-13-30)22-6-4-5-7-23(22)24-17-31(21-14-18(15-21)16-28)29-25(24)20-8-9-20/h4-7,17-21H,8-16,28H2,1-3H3/t18-,21-. The van der Waals surface area contributed by atoms with Gasteiger partial charge in [-0.1, -0.05) is 24.3 Å². The average Bonchev–Trinajstić information content (AvgIpc) is 3.51. The van der Waals surface area contributed by atoms with Crippen molar-refractivity contribution in [2.45, 2.75) is 82.8 Å². The summed E-state index contributed by atoms with van der Waals surface area (Å²) in [7, 11) is 0. The molecule has 2 saturated carbocycles. The Morgan fingerprint density at radius 3 is 2.39 bits per heavy atom. The summed E-state index contributed by atoms with van der Waals surface area (Å²) < 4.78 is 7.82. The maximum absolute atomic E-state index is 12.5. The third kappa shape index (κ3) is 4.81. The minimum absolute atomic E-state index is 0.192. The van der Waals surface area contributed by atoms with Crippen LogP contribution < -0.4 is 5.73 Å². The number of carbonyl (C=O) groups excluding carboxylic acids is 1. The summed E-state index contributed by atoms with van der Waals surface area (Å²) in [5.74, 6) is 1.70. The van der Waals surface area contributed by atoms with E-state index in [-0.39, 0.29) is 6.09 Å². The highest BCUT2D eigenvalue weighted by Gasteiger charge is 2.35. The molecule has 0 atom stereocenters. The first kappa shape index (κ1) is 22.5. The van der Waals surface area contributed by atoms with Gasteiger partial charge in [0.2, 0.25) is 0 Å². The van der Waals surface area contributed by atoms with Crippen molar-refractivity contribution in [3.8, 4) is 11.1 Å². The molecule has 1 amide bonds. The van der Waals surface area contributed by atoms with Crippen LogP contribution in [0.3, 0.4) is 0 Å². The number of likely N-dealkylation sites (tertiary alicyclic amines) is 1. The lowest BCUT2D eigenvalue weighted by Gasteiger charge is -2.34. The molecule has 178 valence electrons. The zero-order valence-electron chi connectivity index (χ0n) is 20.3. The fraction of sp³-hybridized carbons (Fsp3) is 0.630. The molecule has 3 fully saturated rings. The van der Waals surface area contributed by atoms with Crippen LogP contribution in [0.2, 0.25) is 0 Å². The van der Waals surface area contributed by atoms with Gasteiger partial charge in [0, 0.05) is 30.8 Å². The third-order valence-corrected chi connectivity index (χ3v) is 7.48. The number of aromatic nitrogens is 2. The van der Waals surface area contributed by atoms with Crippen LogP contribution in [0.15, 0.2) is 30.5 Å². The molecular formula is C27H38N4O2. The smallest absolute Gasteiger partial charge is 0.410 e. The number of piperidine rings is 1. The summed E-state index contributed by atoms with van der Waals surface area (Å²) >= 11 is 0. The molecule has 33 heavy (non-hydrogen) atoms. The molecule has 2 N–H and O–H groups in total. The lowest BCUT2D eigenvalue weighted by Crippen LogP contribution is -2.41. The van der Waals surface area contributed by atoms with Gasteiger partial charge in [-0.2, -0.15) is 5.10 Å². The third-order valence-electron chi connectivity index (χ3n) is 7.48. The monoisotopic (exact) mass is 450 g/mol. The van der Waals surface area contributed by atoms with Crippen molar-refractivity contribution in [2.24, 2.45) is 11.7 Å². The summed E-state index contributed by atoms with van der Waals surface area (Å²) in [6, 6.07) is 9.35. The Morgan fingerprint density at radius 2 is 1.76 bits per heavy atom. The summed E-state index contributed by atoms with van der Waals surface area (Å²) in [5.41, 5.74) is 10.7. The molecule has 1 saturated heterocycles. The Kier molecular flexibility index (Phi) is 5.98. The van der Waals surface area contributed by atoms with E-state index in [9.17, 15) is 4.79 Å². The van der Waals surface area contributed by atoms with Gasteiger partial charge in [0.15, 0.2) is 0 Å². The molecule has 2 aliphatic carbocycles. The van der Waals surface area contributed by atoms with Crippen molar-refractivity contribution < 1.29 is 9.53 Å². The quantitative estimate of drug-likeness (QED) is 0.657. The number of rotatable bonds is 5. The number of amides is 1. The Morgan fingerprint density at radius 1 is 1.06 bits per heavy atom. The van der Waals surface area contributed by atoms with Gasteiger partial charge in [0.1, 0.15) is 5.60 Å². The number of benzene rings is 1. The van der Waals surface area contributed by atoms with Gasteiger partial charge in [0.25, 0.3) is 0 Å². The second-order valence-corrected chi connectivity index (χ2v) is 11.2. The molecule has 0 unspecified atom stereocenters. The molecule has 6 heteroatoms. The summed E-state index contributed by atoms with van der Waals surface area (Å²) in [5, 5.41) is 5.10. The first-order chi connectivity index (χ1) is 15.8. The number of hydrogen-bond acceptors (Lipinski definition) is 4. The van der Waals surface area contributed by atoms with Crippen molar-refractivity contribution in [3.63, 3.8) is 0 Å². The zero-order chi connectivity index (χ0) is 23.2. The fourth-order valence-electron chi connectivity index (χ4n) is 5.37. The average molecular weight is 451 g/mol. The van der Waals surface area contributed by atoms with E-state index in [1.54, 1.807) is 0 Å². The molecule has 5 rings (SSSR count). The summed E-state index contributed by atoms with van der Waals surface area (Å²) in [6.45, 7) is 8.03. The van der Waals surface area contributed by atoms with Crippen LogP contribution in [0.25, 0.3) is 11.1 Å². The van der Waals surface area contributed by atoms with Crippen molar-refractivity contribution >= 4 is 6.09 Å². The van der Waals surface area contributed by atoms with Gasteiger partial charge >= 0.3 is 6.09 Å². The van der Waals surface area contributed by atoms with Crippen molar-refractivity contribution in [2.75, 3.05) is 19.6 Å². The highest BCUT2D eigenvalue weighted by Crippen LogP contribution is 2.47. The first-order valence-electron chi connectivity index (χ1n) is 12.7.